The van der Waals surface area contributed by atoms with Crippen molar-refractivity contribution in [2.45, 2.75) is 32.0 Å². The zero-order chi connectivity index (χ0) is 26.7. The second-order valence-electron chi connectivity index (χ2n) is 8.62. The van der Waals surface area contributed by atoms with Crippen LogP contribution in [0.4, 0.5) is 29.5 Å². The van der Waals surface area contributed by atoms with E-state index in [2.05, 4.69) is 15.6 Å². The minimum Gasteiger partial charge on any atom is -0.478 e. The summed E-state index contributed by atoms with van der Waals surface area (Å²) in [5.41, 5.74) is 0.853. The van der Waals surface area contributed by atoms with Gasteiger partial charge in [0.2, 0.25) is 5.91 Å². The number of halogens is 3. The zero-order valence-corrected chi connectivity index (χ0v) is 19.7. The van der Waals surface area contributed by atoms with E-state index >= 15 is 0 Å². The summed E-state index contributed by atoms with van der Waals surface area (Å²) in [7, 11) is 0. The van der Waals surface area contributed by atoms with Crippen molar-refractivity contribution in [3.8, 4) is 11.1 Å². The number of nitrogens with one attached hydrogen (secondary N) is 2. The molecule has 0 radical (unpaired) electrons. The van der Waals surface area contributed by atoms with Gasteiger partial charge in [0, 0.05) is 24.0 Å². The number of carbonyl (C=O) groups excluding carboxylic acids is 2. The standard InChI is InChI=1S/C26H23F3N4O4/c1-15-12-19(8-9-20(15)26(27,28)29)31-25(37)33-11-3-6-21(33)23(34)32-22-10-7-18(14-30-22)16-4-2-5-17(13-16)24(35)36/h2,4-5,7-10,12-14,21H,3,6,11H2,1H3,(H,31,37)(H,35,36)(H,30,32,34)/t21-/m1/s1. The summed E-state index contributed by atoms with van der Waals surface area (Å²) < 4.78 is 39.0. The molecule has 0 saturated carbocycles. The topological polar surface area (TPSA) is 112 Å². The molecule has 1 fully saturated rings. The quantitative estimate of drug-likeness (QED) is 0.423. The van der Waals surface area contributed by atoms with E-state index in [0.29, 0.717) is 30.5 Å². The number of anilines is 2. The van der Waals surface area contributed by atoms with Crippen LogP contribution in [0.5, 0.6) is 0 Å². The Balaban J connectivity index is 1.41. The summed E-state index contributed by atoms with van der Waals surface area (Å²) in [6.07, 6.45) is -1.97. The largest absolute Gasteiger partial charge is 0.478 e. The lowest BCUT2D eigenvalue weighted by Gasteiger charge is -2.24. The number of hydrogen-bond donors (Lipinski definition) is 3. The molecule has 1 atom stereocenters. The molecule has 8 nitrogen and oxygen atoms in total. The molecule has 3 aromatic rings. The second kappa shape index (κ2) is 10.3. The molecule has 1 aromatic heterocycles. The SMILES string of the molecule is Cc1cc(NC(=O)N2CCC[C@@H]2C(=O)Nc2ccc(-c3cccc(C(=O)O)c3)cn2)ccc1C(F)(F)F. The van der Waals surface area contributed by atoms with E-state index in [1.165, 1.54) is 42.3 Å². The lowest BCUT2D eigenvalue weighted by Crippen LogP contribution is -2.45. The number of carboxylic acids is 1. The van der Waals surface area contributed by atoms with E-state index in [9.17, 15) is 27.6 Å². The average molecular weight is 512 g/mol. The zero-order valence-electron chi connectivity index (χ0n) is 19.7. The Morgan fingerprint density at radius 3 is 2.46 bits per heavy atom. The van der Waals surface area contributed by atoms with E-state index in [4.69, 9.17) is 5.11 Å². The number of aryl methyl sites for hydroxylation is 1. The number of aromatic carboxylic acids is 1. The van der Waals surface area contributed by atoms with Crippen molar-refractivity contribution >= 4 is 29.4 Å². The fourth-order valence-electron chi connectivity index (χ4n) is 4.22. The van der Waals surface area contributed by atoms with Crippen LogP contribution in [-0.2, 0) is 11.0 Å². The smallest absolute Gasteiger partial charge is 0.416 e. The highest BCUT2D eigenvalue weighted by molar-refractivity contribution is 5.99. The van der Waals surface area contributed by atoms with Crippen LogP contribution in [0.3, 0.4) is 0 Å². The van der Waals surface area contributed by atoms with Crippen LogP contribution in [-0.4, -0.2) is 45.5 Å². The van der Waals surface area contributed by atoms with Crippen molar-refractivity contribution in [1.82, 2.24) is 9.88 Å². The average Bonchev–Trinajstić information content (AvgIpc) is 3.34. The van der Waals surface area contributed by atoms with Gasteiger partial charge in [0.15, 0.2) is 0 Å². The Morgan fingerprint density at radius 1 is 1.03 bits per heavy atom. The first-order valence-corrected chi connectivity index (χ1v) is 11.4. The number of rotatable bonds is 5. The van der Waals surface area contributed by atoms with Crippen molar-refractivity contribution in [2.75, 3.05) is 17.2 Å². The molecule has 37 heavy (non-hydrogen) atoms. The Bertz CT molecular complexity index is 1340. The van der Waals surface area contributed by atoms with Crippen LogP contribution < -0.4 is 10.6 Å². The summed E-state index contributed by atoms with van der Waals surface area (Å²) in [5, 5.41) is 14.4. The Hall–Kier alpha value is -4.41. The summed E-state index contributed by atoms with van der Waals surface area (Å²) in [5.74, 6) is -1.23. The predicted octanol–water partition coefficient (Wildman–Crippen LogP) is 5.41. The number of likely N-dealkylation sites (tertiary alicyclic amines) is 1. The maximum atomic E-state index is 13.0. The Morgan fingerprint density at radius 2 is 1.81 bits per heavy atom. The first-order chi connectivity index (χ1) is 17.5. The van der Waals surface area contributed by atoms with Crippen molar-refractivity contribution in [3.63, 3.8) is 0 Å². The molecule has 1 aliphatic rings. The van der Waals surface area contributed by atoms with Gasteiger partial charge in [0.1, 0.15) is 11.9 Å². The molecule has 192 valence electrons. The van der Waals surface area contributed by atoms with E-state index < -0.39 is 35.7 Å². The molecule has 0 spiro atoms. The van der Waals surface area contributed by atoms with E-state index in [0.717, 1.165) is 6.07 Å². The summed E-state index contributed by atoms with van der Waals surface area (Å²) in [6, 6.07) is 11.6. The molecule has 1 aliphatic heterocycles. The first kappa shape index (κ1) is 25.7. The number of nitrogens with zero attached hydrogens (tertiary/aromatic N) is 2. The summed E-state index contributed by atoms with van der Waals surface area (Å²) in [6.45, 7) is 1.63. The Labute approximate surface area is 210 Å². The molecule has 4 rings (SSSR count). The minimum absolute atomic E-state index is 0.0229. The number of carbonyl (C=O) groups is 3. The first-order valence-electron chi connectivity index (χ1n) is 11.4. The van der Waals surface area contributed by atoms with Crippen molar-refractivity contribution < 1.29 is 32.7 Å². The molecular weight excluding hydrogens is 489 g/mol. The number of alkyl halides is 3. The van der Waals surface area contributed by atoms with Gasteiger partial charge in [-0.25, -0.2) is 14.6 Å². The molecule has 3 N–H and O–H groups in total. The number of amides is 3. The number of benzene rings is 2. The minimum atomic E-state index is -4.49. The number of aromatic nitrogens is 1. The summed E-state index contributed by atoms with van der Waals surface area (Å²) in [4.78, 5) is 42.5. The molecule has 1 saturated heterocycles. The van der Waals surface area contributed by atoms with Crippen molar-refractivity contribution in [1.29, 1.82) is 0 Å². The second-order valence-corrected chi connectivity index (χ2v) is 8.62. The third-order valence-electron chi connectivity index (χ3n) is 6.06. The molecule has 11 heteroatoms. The number of carboxylic acid groups (broad SMARTS) is 1. The van der Waals surface area contributed by atoms with Gasteiger partial charge < -0.3 is 20.6 Å². The van der Waals surface area contributed by atoms with Crippen molar-refractivity contribution in [3.05, 3.63) is 77.5 Å². The maximum Gasteiger partial charge on any atom is 0.416 e. The van der Waals surface area contributed by atoms with Crippen LogP contribution in [0, 0.1) is 6.92 Å². The van der Waals surface area contributed by atoms with Gasteiger partial charge >= 0.3 is 18.2 Å². The molecule has 0 unspecified atom stereocenters. The lowest BCUT2D eigenvalue weighted by molar-refractivity contribution is -0.138. The molecule has 2 aromatic carbocycles. The number of urea groups is 1. The summed E-state index contributed by atoms with van der Waals surface area (Å²) >= 11 is 0. The molecule has 3 amide bonds. The van der Waals surface area contributed by atoms with Crippen LogP contribution in [0.25, 0.3) is 11.1 Å². The van der Waals surface area contributed by atoms with Gasteiger partial charge in [0.05, 0.1) is 11.1 Å². The number of pyridine rings is 1. The van der Waals surface area contributed by atoms with Gasteiger partial charge in [-0.1, -0.05) is 12.1 Å². The Kier molecular flexibility index (Phi) is 7.14. The third-order valence-corrected chi connectivity index (χ3v) is 6.06. The van der Waals surface area contributed by atoms with E-state index in [-0.39, 0.29) is 22.6 Å². The van der Waals surface area contributed by atoms with E-state index in [1.807, 2.05) is 0 Å². The van der Waals surface area contributed by atoms with Crippen LogP contribution >= 0.6 is 0 Å². The van der Waals surface area contributed by atoms with Gasteiger partial charge in [-0.2, -0.15) is 13.2 Å². The van der Waals surface area contributed by atoms with Gasteiger partial charge in [-0.05, 0) is 73.4 Å². The highest BCUT2D eigenvalue weighted by Gasteiger charge is 2.35. The van der Waals surface area contributed by atoms with Crippen LogP contribution in [0.15, 0.2) is 60.8 Å². The fourth-order valence-corrected chi connectivity index (χ4v) is 4.22. The highest BCUT2D eigenvalue weighted by atomic mass is 19.4. The normalized spacial score (nSPS) is 15.4. The number of hydrogen-bond acceptors (Lipinski definition) is 4. The monoisotopic (exact) mass is 512 g/mol. The molecule has 2 heterocycles. The lowest BCUT2D eigenvalue weighted by atomic mass is 10.0. The van der Waals surface area contributed by atoms with Crippen LogP contribution in [0.2, 0.25) is 0 Å². The van der Waals surface area contributed by atoms with Gasteiger partial charge in [-0.3, -0.25) is 4.79 Å². The molecule has 0 bridgehead atoms. The molecular formula is C26H23F3N4O4. The fraction of sp³-hybridized carbons (Fsp3) is 0.231. The maximum absolute atomic E-state index is 13.0. The van der Waals surface area contributed by atoms with Gasteiger partial charge in [-0.15, -0.1) is 0 Å². The van der Waals surface area contributed by atoms with Crippen LogP contribution in [0.1, 0.15) is 34.3 Å². The van der Waals surface area contributed by atoms with E-state index in [1.54, 1.807) is 24.3 Å². The van der Waals surface area contributed by atoms with Gasteiger partial charge in [0.25, 0.3) is 0 Å². The predicted molar refractivity (Wildman–Crippen MR) is 130 cm³/mol. The third kappa shape index (κ3) is 5.88. The highest BCUT2D eigenvalue weighted by Crippen LogP contribution is 2.33. The molecule has 0 aliphatic carbocycles. The van der Waals surface area contributed by atoms with Crippen molar-refractivity contribution in [2.24, 2.45) is 0 Å².